The van der Waals surface area contributed by atoms with Crippen molar-refractivity contribution in [2.75, 3.05) is 13.1 Å². The Morgan fingerprint density at radius 3 is 2.78 bits per heavy atom. The lowest BCUT2D eigenvalue weighted by molar-refractivity contribution is -0.384. The Hall–Kier alpha value is -2.13. The second kappa shape index (κ2) is 5.98. The monoisotopic (exact) mass is 267 g/mol. The minimum absolute atomic E-state index is 0.0305. The second-order valence-electron chi connectivity index (χ2n) is 3.40. The maximum atomic E-state index is 12.0. The van der Waals surface area contributed by atoms with Crippen molar-refractivity contribution in [2.45, 2.75) is 6.92 Å². The first-order chi connectivity index (χ1) is 8.51. The smallest absolute Gasteiger partial charge is 0.270 e. The highest BCUT2D eigenvalue weighted by Crippen LogP contribution is 2.23. The molecule has 0 aliphatic heterocycles. The van der Waals surface area contributed by atoms with Crippen molar-refractivity contribution in [3.63, 3.8) is 0 Å². The summed E-state index contributed by atoms with van der Waals surface area (Å²) in [7, 11) is 0. The van der Waals surface area contributed by atoms with Gasteiger partial charge in [-0.3, -0.25) is 14.9 Å². The van der Waals surface area contributed by atoms with Gasteiger partial charge in [0.1, 0.15) is 6.54 Å². The number of rotatable bonds is 4. The Kier molecular flexibility index (Phi) is 4.63. The first-order valence-corrected chi connectivity index (χ1v) is 5.49. The van der Waals surface area contributed by atoms with Crippen molar-refractivity contribution in [1.82, 2.24) is 4.90 Å². The van der Waals surface area contributed by atoms with E-state index in [0.717, 1.165) is 6.07 Å². The van der Waals surface area contributed by atoms with Crippen LogP contribution in [0.2, 0.25) is 5.02 Å². The molecule has 18 heavy (non-hydrogen) atoms. The van der Waals surface area contributed by atoms with Crippen LogP contribution in [0.3, 0.4) is 0 Å². The summed E-state index contributed by atoms with van der Waals surface area (Å²) in [6, 6.07) is 5.49. The Morgan fingerprint density at radius 2 is 2.28 bits per heavy atom. The summed E-state index contributed by atoms with van der Waals surface area (Å²) in [6.45, 7) is 1.94. The fourth-order valence-electron chi connectivity index (χ4n) is 1.37. The van der Waals surface area contributed by atoms with Crippen molar-refractivity contribution in [3.05, 3.63) is 38.9 Å². The van der Waals surface area contributed by atoms with Gasteiger partial charge in [-0.05, 0) is 13.0 Å². The van der Waals surface area contributed by atoms with E-state index < -0.39 is 10.8 Å². The number of nitriles is 1. The summed E-state index contributed by atoms with van der Waals surface area (Å²) < 4.78 is 0. The number of amides is 1. The van der Waals surface area contributed by atoms with E-state index in [4.69, 9.17) is 16.9 Å². The number of halogens is 1. The van der Waals surface area contributed by atoms with Gasteiger partial charge in [-0.2, -0.15) is 5.26 Å². The zero-order valence-electron chi connectivity index (χ0n) is 9.59. The summed E-state index contributed by atoms with van der Waals surface area (Å²) in [5.74, 6) is -0.493. The topological polar surface area (TPSA) is 87.2 Å². The molecule has 1 amide bonds. The molecule has 0 bridgehead atoms. The van der Waals surface area contributed by atoms with Crippen molar-refractivity contribution in [3.8, 4) is 6.07 Å². The molecule has 0 aromatic heterocycles. The number of nitro benzene ring substituents is 1. The highest BCUT2D eigenvalue weighted by atomic mass is 35.5. The van der Waals surface area contributed by atoms with Gasteiger partial charge >= 0.3 is 0 Å². The SMILES string of the molecule is CCN(CC#N)C(=O)c1cc([N+](=O)[O-])ccc1Cl. The number of hydrogen-bond acceptors (Lipinski definition) is 4. The summed E-state index contributed by atoms with van der Waals surface area (Å²) >= 11 is 5.84. The normalized spacial score (nSPS) is 9.61. The van der Waals surface area contributed by atoms with Gasteiger partial charge in [0.2, 0.25) is 0 Å². The van der Waals surface area contributed by atoms with Crippen LogP contribution < -0.4 is 0 Å². The lowest BCUT2D eigenvalue weighted by Gasteiger charge is -2.17. The Balaban J connectivity index is 3.15. The number of benzene rings is 1. The largest absolute Gasteiger partial charge is 0.326 e. The van der Waals surface area contributed by atoms with E-state index in [9.17, 15) is 14.9 Å². The van der Waals surface area contributed by atoms with Crippen LogP contribution in [0.4, 0.5) is 5.69 Å². The fraction of sp³-hybridized carbons (Fsp3) is 0.273. The number of nitro groups is 1. The van der Waals surface area contributed by atoms with Crippen LogP contribution in [-0.4, -0.2) is 28.8 Å². The van der Waals surface area contributed by atoms with Crippen LogP contribution in [0.1, 0.15) is 17.3 Å². The number of carbonyl (C=O) groups is 1. The van der Waals surface area contributed by atoms with E-state index in [1.54, 1.807) is 6.92 Å². The molecule has 0 atom stereocenters. The zero-order chi connectivity index (χ0) is 13.7. The highest BCUT2D eigenvalue weighted by molar-refractivity contribution is 6.33. The number of nitrogens with zero attached hydrogens (tertiary/aromatic N) is 3. The predicted molar refractivity (Wildman–Crippen MR) is 65.3 cm³/mol. The molecule has 7 heteroatoms. The van der Waals surface area contributed by atoms with E-state index in [0.29, 0.717) is 6.54 Å². The standard InChI is InChI=1S/C11H10ClN3O3/c1-2-14(6-5-13)11(16)9-7-8(15(17)18)3-4-10(9)12/h3-4,7H,2,6H2,1H3. The minimum atomic E-state index is -0.603. The van der Waals surface area contributed by atoms with Crippen molar-refractivity contribution >= 4 is 23.2 Å². The van der Waals surface area contributed by atoms with Gasteiger partial charge < -0.3 is 4.90 Å². The molecule has 0 saturated heterocycles. The summed E-state index contributed by atoms with van der Waals surface area (Å²) in [5.41, 5.74) is -0.182. The van der Waals surface area contributed by atoms with Gasteiger partial charge in [-0.15, -0.1) is 0 Å². The average Bonchev–Trinajstić information content (AvgIpc) is 2.35. The van der Waals surface area contributed by atoms with Crippen molar-refractivity contribution in [1.29, 1.82) is 5.26 Å². The molecule has 1 aromatic carbocycles. The highest BCUT2D eigenvalue weighted by Gasteiger charge is 2.20. The number of hydrogen-bond donors (Lipinski definition) is 0. The van der Waals surface area contributed by atoms with Crippen LogP contribution in [0.15, 0.2) is 18.2 Å². The molecule has 0 saturated carbocycles. The average molecular weight is 268 g/mol. The molecule has 0 radical (unpaired) electrons. The third kappa shape index (κ3) is 2.96. The minimum Gasteiger partial charge on any atom is -0.326 e. The van der Waals surface area contributed by atoms with E-state index in [-0.39, 0.29) is 22.8 Å². The van der Waals surface area contributed by atoms with Crippen molar-refractivity contribution in [2.24, 2.45) is 0 Å². The number of non-ortho nitro benzene ring substituents is 1. The van der Waals surface area contributed by atoms with Gasteiger partial charge in [-0.1, -0.05) is 11.6 Å². The predicted octanol–water partition coefficient (Wildman–Crippen LogP) is 2.23. The summed E-state index contributed by atoms with van der Waals surface area (Å²) in [6.07, 6.45) is 0. The Labute approximate surface area is 109 Å². The van der Waals surface area contributed by atoms with Crippen LogP contribution in [0.25, 0.3) is 0 Å². The molecule has 1 rings (SSSR count). The van der Waals surface area contributed by atoms with Gasteiger partial charge in [0.15, 0.2) is 0 Å². The maximum absolute atomic E-state index is 12.0. The molecule has 0 unspecified atom stereocenters. The molecular weight excluding hydrogens is 258 g/mol. The van der Waals surface area contributed by atoms with Crippen LogP contribution in [-0.2, 0) is 0 Å². The Bertz CT molecular complexity index is 525. The van der Waals surface area contributed by atoms with Crippen LogP contribution in [0.5, 0.6) is 0 Å². The first-order valence-electron chi connectivity index (χ1n) is 5.11. The molecule has 1 aromatic rings. The molecule has 0 aliphatic carbocycles. The van der Waals surface area contributed by atoms with E-state index in [1.807, 2.05) is 6.07 Å². The van der Waals surface area contributed by atoms with Gasteiger partial charge in [0, 0.05) is 18.7 Å². The second-order valence-corrected chi connectivity index (χ2v) is 3.81. The van der Waals surface area contributed by atoms with E-state index >= 15 is 0 Å². The van der Waals surface area contributed by atoms with Crippen LogP contribution in [0, 0.1) is 21.4 Å². The summed E-state index contributed by atoms with van der Waals surface area (Å²) in [4.78, 5) is 23.3. The van der Waals surface area contributed by atoms with E-state index in [2.05, 4.69) is 0 Å². The van der Waals surface area contributed by atoms with Gasteiger partial charge in [0.25, 0.3) is 11.6 Å². The van der Waals surface area contributed by atoms with Crippen LogP contribution >= 0.6 is 11.6 Å². The molecule has 0 spiro atoms. The van der Waals surface area contributed by atoms with Gasteiger partial charge in [-0.25, -0.2) is 0 Å². The lowest BCUT2D eigenvalue weighted by atomic mass is 10.1. The summed E-state index contributed by atoms with van der Waals surface area (Å²) in [5, 5.41) is 19.4. The molecule has 6 nitrogen and oxygen atoms in total. The molecule has 0 heterocycles. The third-order valence-corrected chi connectivity index (χ3v) is 2.65. The maximum Gasteiger partial charge on any atom is 0.270 e. The van der Waals surface area contributed by atoms with Crippen molar-refractivity contribution < 1.29 is 9.72 Å². The third-order valence-electron chi connectivity index (χ3n) is 2.32. The fourth-order valence-corrected chi connectivity index (χ4v) is 1.57. The van der Waals surface area contributed by atoms with E-state index in [1.165, 1.54) is 17.0 Å². The molecule has 0 fully saturated rings. The zero-order valence-corrected chi connectivity index (χ0v) is 10.3. The lowest BCUT2D eigenvalue weighted by Crippen LogP contribution is -2.31. The number of carbonyl (C=O) groups excluding carboxylic acids is 1. The Morgan fingerprint density at radius 1 is 1.61 bits per heavy atom. The molecule has 0 N–H and O–H groups in total. The molecular formula is C11H10ClN3O3. The van der Waals surface area contributed by atoms with Gasteiger partial charge in [0.05, 0.1) is 21.6 Å². The first kappa shape index (κ1) is 13.9. The molecule has 0 aliphatic rings. The molecule has 94 valence electrons. The quantitative estimate of drug-likeness (QED) is 0.475.